The van der Waals surface area contributed by atoms with Gasteiger partial charge in [-0.1, -0.05) is 23.4 Å². The Morgan fingerprint density at radius 3 is 2.90 bits per heavy atom. The topological polar surface area (TPSA) is 55.1 Å². The molecule has 2 aromatic rings. The lowest BCUT2D eigenvalue weighted by Crippen LogP contribution is -1.97. The van der Waals surface area contributed by atoms with Crippen molar-refractivity contribution in [2.75, 3.05) is 13.2 Å². The average molecular weight is 325 g/mol. The number of benzene rings is 1. The first-order valence-corrected chi connectivity index (χ1v) is 7.87. The number of hydrogen-bond donors (Lipinski definition) is 0. The second-order valence-corrected chi connectivity index (χ2v) is 6.48. The summed E-state index contributed by atoms with van der Waals surface area (Å²) in [5.74, 6) is 1.50. The molecule has 0 amide bonds. The maximum Gasteiger partial charge on any atom is 0.162 e. The Labute approximate surface area is 129 Å². The number of ether oxygens (including phenoxy) is 2. The van der Waals surface area contributed by atoms with Gasteiger partial charge in [-0.15, -0.1) is 0 Å². The maximum atomic E-state index is 9.07. The number of halogens is 1. The van der Waals surface area contributed by atoms with Crippen molar-refractivity contribution in [1.29, 1.82) is 5.26 Å². The molecule has 3 rings (SSSR count). The molecule has 20 heavy (non-hydrogen) atoms. The fraction of sp³-hybridized carbons (Fsp3) is 0.231. The lowest BCUT2D eigenvalue weighted by Gasteiger charge is -2.08. The van der Waals surface area contributed by atoms with E-state index in [2.05, 4.69) is 10.4 Å². The summed E-state index contributed by atoms with van der Waals surface area (Å²) in [5, 5.41) is 9.33. The van der Waals surface area contributed by atoms with Crippen LogP contribution in [0.15, 0.2) is 27.3 Å². The molecule has 4 nitrogen and oxygen atoms in total. The number of hydrogen-bond acceptors (Lipinski definition) is 6. The molecule has 0 bridgehead atoms. The lowest BCUT2D eigenvalue weighted by molar-refractivity contribution is 0.297. The van der Waals surface area contributed by atoms with Crippen LogP contribution in [0.4, 0.5) is 0 Å². The highest BCUT2D eigenvalue weighted by Gasteiger charge is 2.15. The summed E-state index contributed by atoms with van der Waals surface area (Å²) in [6.07, 6.45) is 0.875. The number of nitrogens with zero attached hydrogens (tertiary/aromatic N) is 2. The van der Waals surface area contributed by atoms with Crippen molar-refractivity contribution in [3.05, 3.63) is 28.9 Å². The zero-order valence-corrected chi connectivity index (χ0v) is 12.6. The Kier molecular flexibility index (Phi) is 4.01. The van der Waals surface area contributed by atoms with E-state index in [1.165, 1.54) is 23.3 Å². The molecule has 0 atom stereocenters. The Morgan fingerprint density at radius 2 is 2.10 bits per heavy atom. The van der Waals surface area contributed by atoms with E-state index in [0.717, 1.165) is 27.0 Å². The third-order valence-electron chi connectivity index (χ3n) is 2.66. The van der Waals surface area contributed by atoms with Crippen molar-refractivity contribution in [3.8, 4) is 17.6 Å². The minimum Gasteiger partial charge on any atom is -0.490 e. The predicted octanol–water partition coefficient (Wildman–Crippen LogP) is 3.98. The lowest BCUT2D eigenvalue weighted by atomic mass is 10.3. The normalized spacial score (nSPS) is 13.6. The summed E-state index contributed by atoms with van der Waals surface area (Å²) in [4.78, 5) is 0.964. The minimum absolute atomic E-state index is 0.259. The molecular formula is C13H9ClN2O2S2. The van der Waals surface area contributed by atoms with Crippen molar-refractivity contribution in [3.63, 3.8) is 0 Å². The van der Waals surface area contributed by atoms with Gasteiger partial charge in [0.15, 0.2) is 16.7 Å². The van der Waals surface area contributed by atoms with E-state index < -0.39 is 0 Å². The Hall–Kier alpha value is -1.42. The van der Waals surface area contributed by atoms with Crippen molar-refractivity contribution >= 4 is 34.9 Å². The fourth-order valence-corrected chi connectivity index (χ4v) is 3.88. The van der Waals surface area contributed by atoms with Crippen molar-refractivity contribution in [2.24, 2.45) is 0 Å². The molecular weight excluding hydrogens is 316 g/mol. The number of fused-ring (bicyclic) bond motifs is 1. The van der Waals surface area contributed by atoms with Gasteiger partial charge in [0.25, 0.3) is 0 Å². The van der Waals surface area contributed by atoms with Crippen LogP contribution in [0.5, 0.6) is 11.5 Å². The molecule has 0 unspecified atom stereocenters. The van der Waals surface area contributed by atoms with Crippen molar-refractivity contribution in [1.82, 2.24) is 4.37 Å². The van der Waals surface area contributed by atoms with Gasteiger partial charge in [-0.25, -0.2) is 0 Å². The van der Waals surface area contributed by atoms with Crippen LogP contribution in [0, 0.1) is 11.3 Å². The molecule has 0 aliphatic carbocycles. The van der Waals surface area contributed by atoms with Crippen molar-refractivity contribution < 1.29 is 9.47 Å². The van der Waals surface area contributed by atoms with Gasteiger partial charge >= 0.3 is 0 Å². The van der Waals surface area contributed by atoms with E-state index in [1.807, 2.05) is 18.2 Å². The first-order chi connectivity index (χ1) is 9.78. The van der Waals surface area contributed by atoms with Gasteiger partial charge in [-0.3, -0.25) is 0 Å². The second-order valence-electron chi connectivity index (χ2n) is 4.01. The summed E-state index contributed by atoms with van der Waals surface area (Å²) in [5.41, 5.74) is 0.425. The minimum atomic E-state index is 0.259. The summed E-state index contributed by atoms with van der Waals surface area (Å²) >= 11 is 8.54. The van der Waals surface area contributed by atoms with Gasteiger partial charge in [-0.2, -0.15) is 9.64 Å². The molecule has 7 heteroatoms. The highest BCUT2D eigenvalue weighted by atomic mass is 35.5. The van der Waals surface area contributed by atoms with E-state index >= 15 is 0 Å². The third-order valence-corrected chi connectivity index (χ3v) is 5.03. The Morgan fingerprint density at radius 1 is 1.30 bits per heavy atom. The van der Waals surface area contributed by atoms with Crippen LogP contribution in [0.25, 0.3) is 0 Å². The standard InChI is InChI=1S/C13H9ClN2O2S2/c14-12-9(7-15)13(20-16-12)19-8-2-3-10-11(6-8)18-5-1-4-17-10/h2-3,6H,1,4-5H2. The second kappa shape index (κ2) is 5.92. The SMILES string of the molecule is N#Cc1c(Cl)nsc1Sc1ccc2c(c1)OCCCO2. The summed E-state index contributed by atoms with van der Waals surface area (Å²) in [7, 11) is 0. The van der Waals surface area contributed by atoms with Crippen LogP contribution in [0.1, 0.15) is 12.0 Å². The van der Waals surface area contributed by atoms with Crippen LogP contribution in [-0.4, -0.2) is 17.6 Å². The molecule has 0 saturated carbocycles. The zero-order chi connectivity index (χ0) is 13.9. The van der Waals surface area contributed by atoms with Crippen molar-refractivity contribution in [2.45, 2.75) is 15.5 Å². The first-order valence-electron chi connectivity index (χ1n) is 5.90. The molecule has 0 N–H and O–H groups in total. The summed E-state index contributed by atoms with van der Waals surface area (Å²) < 4.78 is 16.0. The number of rotatable bonds is 2. The van der Waals surface area contributed by atoms with E-state index in [9.17, 15) is 0 Å². The molecule has 0 spiro atoms. The molecule has 0 radical (unpaired) electrons. The Balaban J connectivity index is 1.88. The largest absolute Gasteiger partial charge is 0.490 e. The van der Waals surface area contributed by atoms with Gasteiger partial charge < -0.3 is 9.47 Å². The number of nitriles is 1. The molecule has 1 aromatic carbocycles. The van der Waals surface area contributed by atoms with E-state index in [-0.39, 0.29) is 5.15 Å². The monoisotopic (exact) mass is 324 g/mol. The fourth-order valence-electron chi connectivity index (χ4n) is 1.73. The van der Waals surface area contributed by atoms with Gasteiger partial charge in [0.1, 0.15) is 15.8 Å². The molecule has 2 heterocycles. The number of aromatic nitrogens is 1. The molecule has 0 fully saturated rings. The zero-order valence-electron chi connectivity index (χ0n) is 10.3. The van der Waals surface area contributed by atoms with E-state index in [4.69, 9.17) is 26.3 Å². The molecule has 0 saturated heterocycles. The molecule has 1 aliphatic rings. The molecule has 1 aromatic heterocycles. The smallest absolute Gasteiger partial charge is 0.162 e. The highest BCUT2D eigenvalue weighted by Crippen LogP contribution is 2.40. The van der Waals surface area contributed by atoms with Gasteiger partial charge in [0.05, 0.1) is 13.2 Å². The Bertz CT molecular complexity index is 681. The third kappa shape index (κ3) is 2.70. The average Bonchev–Trinajstić information content (AvgIpc) is 2.66. The van der Waals surface area contributed by atoms with E-state index in [1.54, 1.807) is 0 Å². The van der Waals surface area contributed by atoms with Crippen LogP contribution in [0.2, 0.25) is 5.15 Å². The van der Waals surface area contributed by atoms with Gasteiger partial charge in [-0.05, 0) is 29.7 Å². The molecule has 102 valence electrons. The molecule has 1 aliphatic heterocycles. The van der Waals surface area contributed by atoms with Crippen LogP contribution < -0.4 is 9.47 Å². The predicted molar refractivity (Wildman–Crippen MR) is 78.0 cm³/mol. The highest BCUT2D eigenvalue weighted by molar-refractivity contribution is 8.01. The first kappa shape index (κ1) is 13.6. The van der Waals surface area contributed by atoms with Gasteiger partial charge in [0.2, 0.25) is 0 Å². The maximum absolute atomic E-state index is 9.07. The quantitative estimate of drug-likeness (QED) is 0.836. The van der Waals surface area contributed by atoms with Gasteiger partial charge in [0, 0.05) is 11.3 Å². The summed E-state index contributed by atoms with van der Waals surface area (Å²) in [6, 6.07) is 7.82. The van der Waals surface area contributed by atoms with Crippen LogP contribution in [0.3, 0.4) is 0 Å². The van der Waals surface area contributed by atoms with E-state index in [0.29, 0.717) is 18.8 Å². The van der Waals surface area contributed by atoms with Crippen LogP contribution in [-0.2, 0) is 0 Å². The van der Waals surface area contributed by atoms with Crippen LogP contribution >= 0.6 is 34.9 Å². The summed E-state index contributed by atoms with van der Waals surface area (Å²) in [6.45, 7) is 1.32.